The van der Waals surface area contributed by atoms with Crippen molar-refractivity contribution in [2.24, 2.45) is 0 Å². The highest BCUT2D eigenvalue weighted by molar-refractivity contribution is 7.07. The molecular formula is C15H22N2O3S. The summed E-state index contributed by atoms with van der Waals surface area (Å²) in [5, 5.41) is 4.05. The fourth-order valence-corrected chi connectivity index (χ4v) is 2.83. The van der Waals surface area contributed by atoms with Gasteiger partial charge in [0.2, 0.25) is 5.91 Å². The van der Waals surface area contributed by atoms with Crippen LogP contribution in [0.4, 0.5) is 0 Å². The molecule has 0 N–H and O–H groups in total. The second kappa shape index (κ2) is 7.56. The molecule has 6 heteroatoms. The summed E-state index contributed by atoms with van der Waals surface area (Å²) >= 11 is 1.63. The second-order valence-corrected chi connectivity index (χ2v) is 6.10. The number of likely N-dealkylation sites (N-methyl/N-ethyl adjacent to an activating group) is 1. The van der Waals surface area contributed by atoms with Gasteiger partial charge in [-0.15, -0.1) is 0 Å². The Morgan fingerprint density at radius 1 is 1.38 bits per heavy atom. The minimum Gasteiger partial charge on any atom is -0.465 e. The number of nitrogens with zero attached hydrogens (tertiary/aromatic N) is 2. The second-order valence-electron chi connectivity index (χ2n) is 5.32. The summed E-state index contributed by atoms with van der Waals surface area (Å²) in [6, 6.07) is 2.37. The predicted octanol–water partition coefficient (Wildman–Crippen LogP) is 1.73. The SMILES string of the molecule is CCOC(=O)CN(CC(=O)N(C)Cc1ccsc1)C1CC1. The first kappa shape index (κ1) is 16.0. The monoisotopic (exact) mass is 310 g/mol. The van der Waals surface area contributed by atoms with Crippen LogP contribution >= 0.6 is 11.3 Å². The highest BCUT2D eigenvalue weighted by Crippen LogP contribution is 2.26. The molecule has 0 aromatic carbocycles. The standard InChI is InChI=1S/C15H22N2O3S/c1-3-20-15(19)10-17(13-4-5-13)9-14(18)16(2)8-12-6-7-21-11-12/h6-7,11,13H,3-5,8-10H2,1-2H3. The van der Waals surface area contributed by atoms with Crippen molar-refractivity contribution in [3.63, 3.8) is 0 Å². The lowest BCUT2D eigenvalue weighted by atomic mass is 10.3. The minimum atomic E-state index is -0.252. The van der Waals surface area contributed by atoms with Crippen molar-refractivity contribution in [1.29, 1.82) is 0 Å². The van der Waals surface area contributed by atoms with Gasteiger partial charge in [0, 0.05) is 19.6 Å². The van der Waals surface area contributed by atoms with Crippen LogP contribution in [0.2, 0.25) is 0 Å². The van der Waals surface area contributed by atoms with E-state index in [1.165, 1.54) is 0 Å². The van der Waals surface area contributed by atoms with Crippen LogP contribution in [0.1, 0.15) is 25.3 Å². The van der Waals surface area contributed by atoms with Gasteiger partial charge in [-0.25, -0.2) is 0 Å². The van der Waals surface area contributed by atoms with Crippen LogP contribution in [0, 0.1) is 0 Å². The molecule has 1 aliphatic carbocycles. The number of amides is 1. The number of hydrogen-bond donors (Lipinski definition) is 0. The molecule has 0 spiro atoms. The third-order valence-corrected chi connectivity index (χ3v) is 4.20. The summed E-state index contributed by atoms with van der Waals surface area (Å²) in [4.78, 5) is 27.5. The quantitative estimate of drug-likeness (QED) is 0.686. The van der Waals surface area contributed by atoms with E-state index >= 15 is 0 Å². The molecule has 0 radical (unpaired) electrons. The van der Waals surface area contributed by atoms with Crippen LogP contribution in [0.15, 0.2) is 16.8 Å². The smallest absolute Gasteiger partial charge is 0.320 e. The lowest BCUT2D eigenvalue weighted by Crippen LogP contribution is -2.41. The van der Waals surface area contributed by atoms with Crippen LogP contribution in [0.25, 0.3) is 0 Å². The number of carbonyl (C=O) groups is 2. The fraction of sp³-hybridized carbons (Fsp3) is 0.600. The first-order chi connectivity index (χ1) is 10.1. The predicted molar refractivity (Wildman–Crippen MR) is 82.0 cm³/mol. The van der Waals surface area contributed by atoms with Crippen molar-refractivity contribution in [3.05, 3.63) is 22.4 Å². The summed E-state index contributed by atoms with van der Waals surface area (Å²) in [7, 11) is 1.80. The van der Waals surface area contributed by atoms with Gasteiger partial charge in [-0.2, -0.15) is 11.3 Å². The maximum Gasteiger partial charge on any atom is 0.320 e. The van der Waals surface area contributed by atoms with Crippen LogP contribution in [-0.4, -0.2) is 54.5 Å². The number of thiophene rings is 1. The van der Waals surface area contributed by atoms with Gasteiger partial charge in [0.15, 0.2) is 0 Å². The van der Waals surface area contributed by atoms with E-state index < -0.39 is 0 Å². The molecule has 0 unspecified atom stereocenters. The van der Waals surface area contributed by atoms with E-state index in [0.29, 0.717) is 19.2 Å². The molecule has 21 heavy (non-hydrogen) atoms. The molecule has 0 saturated heterocycles. The molecule has 1 aromatic rings. The normalized spacial score (nSPS) is 14.2. The van der Waals surface area contributed by atoms with Crippen molar-refractivity contribution in [2.75, 3.05) is 26.7 Å². The van der Waals surface area contributed by atoms with Gasteiger partial charge < -0.3 is 9.64 Å². The Labute approximate surface area is 129 Å². The molecule has 1 fully saturated rings. The van der Waals surface area contributed by atoms with E-state index in [-0.39, 0.29) is 25.0 Å². The van der Waals surface area contributed by atoms with E-state index in [0.717, 1.165) is 18.4 Å². The van der Waals surface area contributed by atoms with Gasteiger partial charge in [-0.1, -0.05) is 0 Å². The Balaban J connectivity index is 1.84. The van der Waals surface area contributed by atoms with Crippen molar-refractivity contribution >= 4 is 23.2 Å². The van der Waals surface area contributed by atoms with Crippen molar-refractivity contribution in [2.45, 2.75) is 32.4 Å². The third-order valence-electron chi connectivity index (χ3n) is 3.46. The maximum absolute atomic E-state index is 12.3. The highest BCUT2D eigenvalue weighted by atomic mass is 32.1. The van der Waals surface area contributed by atoms with E-state index in [1.54, 1.807) is 30.2 Å². The zero-order valence-electron chi connectivity index (χ0n) is 12.6. The van der Waals surface area contributed by atoms with Gasteiger partial charge in [-0.3, -0.25) is 14.5 Å². The average Bonchev–Trinajstić information content (AvgIpc) is 3.17. The Bertz CT molecular complexity index is 471. The Kier molecular flexibility index (Phi) is 5.76. The number of rotatable bonds is 8. The number of hydrogen-bond acceptors (Lipinski definition) is 5. The summed E-state index contributed by atoms with van der Waals surface area (Å²) in [5.74, 6) is -0.213. The lowest BCUT2D eigenvalue weighted by molar-refractivity contribution is -0.145. The van der Waals surface area contributed by atoms with E-state index in [1.807, 2.05) is 21.7 Å². The first-order valence-electron chi connectivity index (χ1n) is 7.25. The van der Waals surface area contributed by atoms with Gasteiger partial charge in [-0.05, 0) is 42.2 Å². The molecule has 0 atom stereocenters. The molecule has 1 aliphatic rings. The molecule has 1 aromatic heterocycles. The average molecular weight is 310 g/mol. The molecular weight excluding hydrogens is 288 g/mol. The molecule has 116 valence electrons. The van der Waals surface area contributed by atoms with Gasteiger partial charge >= 0.3 is 5.97 Å². The molecule has 1 saturated carbocycles. The van der Waals surface area contributed by atoms with E-state index in [2.05, 4.69) is 0 Å². The summed E-state index contributed by atoms with van der Waals surface area (Å²) < 4.78 is 4.97. The van der Waals surface area contributed by atoms with Crippen molar-refractivity contribution in [3.8, 4) is 0 Å². The topological polar surface area (TPSA) is 49.9 Å². The Morgan fingerprint density at radius 3 is 2.71 bits per heavy atom. The molecule has 2 rings (SSSR count). The zero-order chi connectivity index (χ0) is 15.2. The summed E-state index contributed by atoms with van der Waals surface area (Å²) in [5.41, 5.74) is 1.14. The van der Waals surface area contributed by atoms with E-state index in [4.69, 9.17) is 4.74 Å². The summed E-state index contributed by atoms with van der Waals surface area (Å²) in [6.07, 6.45) is 2.11. The molecule has 1 heterocycles. The Morgan fingerprint density at radius 2 is 2.14 bits per heavy atom. The van der Waals surface area contributed by atoms with Crippen LogP contribution in [-0.2, 0) is 20.9 Å². The van der Waals surface area contributed by atoms with Crippen LogP contribution in [0.3, 0.4) is 0 Å². The molecule has 1 amide bonds. The maximum atomic E-state index is 12.3. The Hall–Kier alpha value is -1.40. The molecule has 0 bridgehead atoms. The first-order valence-corrected chi connectivity index (χ1v) is 8.19. The third kappa shape index (κ3) is 5.13. The number of esters is 1. The van der Waals surface area contributed by atoms with E-state index in [9.17, 15) is 9.59 Å². The minimum absolute atomic E-state index is 0.0393. The summed E-state index contributed by atoms with van der Waals surface area (Å²) in [6.45, 7) is 3.27. The fourth-order valence-electron chi connectivity index (χ4n) is 2.17. The highest BCUT2D eigenvalue weighted by Gasteiger charge is 2.32. The lowest BCUT2D eigenvalue weighted by Gasteiger charge is -2.24. The van der Waals surface area contributed by atoms with Gasteiger partial charge in [0.05, 0.1) is 19.7 Å². The van der Waals surface area contributed by atoms with Gasteiger partial charge in [0.1, 0.15) is 0 Å². The van der Waals surface area contributed by atoms with Gasteiger partial charge in [0.25, 0.3) is 0 Å². The number of carbonyl (C=O) groups excluding carboxylic acids is 2. The van der Waals surface area contributed by atoms with Crippen LogP contribution in [0.5, 0.6) is 0 Å². The molecule has 5 nitrogen and oxygen atoms in total. The van der Waals surface area contributed by atoms with Crippen molar-refractivity contribution < 1.29 is 14.3 Å². The largest absolute Gasteiger partial charge is 0.465 e. The number of ether oxygens (including phenoxy) is 1. The van der Waals surface area contributed by atoms with Crippen molar-refractivity contribution in [1.82, 2.24) is 9.80 Å². The molecule has 0 aliphatic heterocycles. The van der Waals surface area contributed by atoms with Crippen LogP contribution < -0.4 is 0 Å². The zero-order valence-corrected chi connectivity index (χ0v) is 13.4.